The van der Waals surface area contributed by atoms with Gasteiger partial charge in [0.1, 0.15) is 0 Å². The maximum atomic E-state index is 13.6. The number of hydrogen-bond donors (Lipinski definition) is 6. The lowest BCUT2D eigenvalue weighted by Crippen LogP contribution is -2.68. The lowest BCUT2D eigenvalue weighted by molar-refractivity contribution is -0.121. The molecule has 0 radical (unpaired) electrons. The summed E-state index contributed by atoms with van der Waals surface area (Å²) in [4.78, 5) is 79.7. The van der Waals surface area contributed by atoms with E-state index >= 15 is 0 Å². The Labute approximate surface area is 415 Å². The van der Waals surface area contributed by atoms with E-state index in [4.69, 9.17) is 83.3 Å². The second-order valence-electron chi connectivity index (χ2n) is 16.8. The predicted octanol–water partition coefficient (Wildman–Crippen LogP) is 6.94. The van der Waals surface area contributed by atoms with Gasteiger partial charge in [0.05, 0.1) is 69.2 Å². The molecule has 15 nitrogen and oxygen atoms in total. The zero-order valence-corrected chi connectivity index (χ0v) is 41.6. The molecule has 4 rings (SSSR count). The molecule has 0 saturated carbocycles. The zero-order chi connectivity index (χ0) is 48.8. The number of carbonyl (C=O) groups is 6. The van der Waals surface area contributed by atoms with Crippen molar-refractivity contribution in [3.8, 4) is 0 Å². The SMILES string of the molecule is CC(C)CC(NC(=O)CNC(=O)c1cc(Cl)ccc1Cl)B1OB(C(CC(C)C)NC(=O)CNC(=O)c2cc(Cl)ccc2Cl)OB([C@H](CC(C)C)NC(=O)CNC(=O)c2cc(Cl)ccc2Cl)O1. The van der Waals surface area contributed by atoms with Crippen LogP contribution in [0.3, 0.4) is 0 Å². The first-order chi connectivity index (χ1) is 31.1. The Hall–Kier alpha value is -3.71. The van der Waals surface area contributed by atoms with Gasteiger partial charge in [-0.1, -0.05) is 111 Å². The van der Waals surface area contributed by atoms with Crippen LogP contribution in [-0.2, 0) is 28.1 Å². The van der Waals surface area contributed by atoms with Gasteiger partial charge >= 0.3 is 21.4 Å². The van der Waals surface area contributed by atoms with E-state index < -0.39 is 94.3 Å². The third-order valence-electron chi connectivity index (χ3n) is 9.75. The van der Waals surface area contributed by atoms with Gasteiger partial charge in [-0.05, 0) is 91.6 Å². The van der Waals surface area contributed by atoms with Crippen LogP contribution in [0.15, 0.2) is 54.6 Å². The largest absolute Gasteiger partial charge is 0.453 e. The van der Waals surface area contributed by atoms with Crippen LogP contribution in [0.1, 0.15) is 91.9 Å². The van der Waals surface area contributed by atoms with Crippen molar-refractivity contribution in [1.82, 2.24) is 31.9 Å². The van der Waals surface area contributed by atoms with E-state index in [1.165, 1.54) is 54.6 Å². The Morgan fingerprint density at radius 1 is 0.439 bits per heavy atom. The predicted molar refractivity (Wildman–Crippen MR) is 261 cm³/mol. The molecule has 66 heavy (non-hydrogen) atoms. The average Bonchev–Trinajstić information content (AvgIpc) is 3.25. The van der Waals surface area contributed by atoms with Gasteiger partial charge in [0.2, 0.25) is 17.7 Å². The molecule has 6 amide bonds. The smallest absolute Gasteiger partial charge is 0.450 e. The second-order valence-corrected chi connectivity index (χ2v) is 19.4. The minimum atomic E-state index is -1.24. The Morgan fingerprint density at radius 2 is 0.682 bits per heavy atom. The zero-order valence-electron chi connectivity index (χ0n) is 37.1. The lowest BCUT2D eigenvalue weighted by atomic mass is 9.58. The van der Waals surface area contributed by atoms with Crippen LogP contribution in [0.4, 0.5) is 0 Å². The number of benzene rings is 3. The van der Waals surface area contributed by atoms with E-state index in [1.807, 2.05) is 41.5 Å². The van der Waals surface area contributed by atoms with Crippen LogP contribution in [0.25, 0.3) is 0 Å². The molecule has 1 aliphatic rings. The third kappa shape index (κ3) is 17.4. The van der Waals surface area contributed by atoms with E-state index in [1.54, 1.807) is 0 Å². The molecule has 354 valence electrons. The molecule has 1 fully saturated rings. The first-order valence-corrected chi connectivity index (χ1v) is 23.4. The van der Waals surface area contributed by atoms with E-state index in [0.29, 0.717) is 19.3 Å². The summed E-state index contributed by atoms with van der Waals surface area (Å²) in [6.07, 6.45) is 0.924. The fraction of sp³-hybridized carbons (Fsp3) is 0.429. The fourth-order valence-corrected chi connectivity index (χ4v) is 7.98. The van der Waals surface area contributed by atoms with Gasteiger partial charge in [-0.25, -0.2) is 0 Å². The Kier molecular flexibility index (Phi) is 21.8. The van der Waals surface area contributed by atoms with E-state index in [-0.39, 0.29) is 64.6 Å². The molecule has 24 heteroatoms. The standard InChI is InChI=1S/C42H51B3Cl6N6O9/c1-22(2)13-34(55-37(58)19-52-40(61)28-16-25(46)7-10-31(28)49)43-64-44(35(14-23(3)4)56-38(59)20-53-41(62)29-17-26(47)8-11-32(29)50)66-45(65-43)36(15-24(5)6)57-39(60)21-54-42(63)30-18-27(48)9-12-33(30)51/h7-12,16-18,22-24,34-36H,13-15,19-21H2,1-6H3,(H,52,61)(H,53,62)(H,54,63)(H,55,58)(H,56,59)(H,57,60)/t34-,35?,36?/m0/s1. The van der Waals surface area contributed by atoms with Crippen molar-refractivity contribution in [2.45, 2.75) is 78.6 Å². The summed E-state index contributed by atoms with van der Waals surface area (Å²) >= 11 is 36.9. The van der Waals surface area contributed by atoms with Crippen LogP contribution in [0.5, 0.6) is 0 Å². The highest BCUT2D eigenvalue weighted by atomic mass is 35.5. The molecule has 3 atom stereocenters. The van der Waals surface area contributed by atoms with Gasteiger partial charge in [0.15, 0.2) is 0 Å². The highest BCUT2D eigenvalue weighted by Gasteiger charge is 2.51. The van der Waals surface area contributed by atoms with Crippen LogP contribution in [-0.4, -0.2) is 94.3 Å². The molecule has 3 aromatic rings. The van der Waals surface area contributed by atoms with Gasteiger partial charge < -0.3 is 45.6 Å². The molecule has 2 unspecified atom stereocenters. The average molecular weight is 1030 g/mol. The normalized spacial score (nSPS) is 14.1. The Balaban J connectivity index is 1.61. The van der Waals surface area contributed by atoms with Crippen molar-refractivity contribution < 1.29 is 42.5 Å². The molecular formula is C42H51B3Cl6N6O9. The summed E-state index contributed by atoms with van der Waals surface area (Å²) in [5, 5.41) is 17.7. The number of rotatable bonds is 21. The van der Waals surface area contributed by atoms with Crippen molar-refractivity contribution >= 4 is 126 Å². The third-order valence-corrected chi connectivity index (χ3v) is 11.4. The Morgan fingerprint density at radius 3 is 0.909 bits per heavy atom. The van der Waals surface area contributed by atoms with Crippen LogP contribution in [0, 0.1) is 17.8 Å². The number of halogens is 6. The molecule has 1 saturated heterocycles. The maximum absolute atomic E-state index is 13.6. The van der Waals surface area contributed by atoms with Crippen molar-refractivity contribution in [2.24, 2.45) is 17.8 Å². The molecule has 3 aromatic carbocycles. The molecule has 0 aromatic heterocycles. The van der Waals surface area contributed by atoms with Gasteiger partial charge in [0.25, 0.3) is 17.7 Å². The van der Waals surface area contributed by atoms with Gasteiger partial charge in [0, 0.05) is 15.1 Å². The number of amides is 6. The van der Waals surface area contributed by atoms with E-state index in [0.717, 1.165) is 0 Å². The van der Waals surface area contributed by atoms with Crippen LogP contribution < -0.4 is 31.9 Å². The molecule has 0 spiro atoms. The van der Waals surface area contributed by atoms with Crippen LogP contribution in [0.2, 0.25) is 30.1 Å². The van der Waals surface area contributed by atoms with E-state index in [2.05, 4.69) is 31.9 Å². The summed E-state index contributed by atoms with van der Waals surface area (Å²) < 4.78 is 19.5. The minimum absolute atomic E-state index is 0.0346. The molecule has 0 bridgehead atoms. The highest BCUT2D eigenvalue weighted by molar-refractivity contribution is 6.75. The summed E-state index contributed by atoms with van der Waals surface area (Å²) in [5.41, 5.74) is 0.235. The quantitative estimate of drug-likeness (QED) is 0.0612. The number of hydrogen-bond acceptors (Lipinski definition) is 9. The summed E-state index contributed by atoms with van der Waals surface area (Å²) in [6.45, 7) is 10.2. The Bertz CT molecular complexity index is 1980. The summed E-state index contributed by atoms with van der Waals surface area (Å²) in [5.74, 6) is -6.38. The highest BCUT2D eigenvalue weighted by Crippen LogP contribution is 2.25. The second kappa shape index (κ2) is 26.2. The van der Waals surface area contributed by atoms with Gasteiger partial charge in [-0.2, -0.15) is 0 Å². The first-order valence-electron chi connectivity index (χ1n) is 21.1. The van der Waals surface area contributed by atoms with Gasteiger partial charge in [-0.15, -0.1) is 0 Å². The van der Waals surface area contributed by atoms with Gasteiger partial charge in [-0.3, -0.25) is 28.8 Å². The summed E-state index contributed by atoms with van der Waals surface area (Å²) in [6, 6.07) is 13.1. The van der Waals surface area contributed by atoms with Crippen molar-refractivity contribution in [2.75, 3.05) is 19.6 Å². The summed E-state index contributed by atoms with van der Waals surface area (Å²) in [7, 11) is -3.73. The van der Waals surface area contributed by atoms with Crippen molar-refractivity contribution in [1.29, 1.82) is 0 Å². The molecule has 1 aliphatic heterocycles. The number of nitrogens with one attached hydrogen (secondary N) is 6. The topological polar surface area (TPSA) is 202 Å². The van der Waals surface area contributed by atoms with Crippen LogP contribution >= 0.6 is 69.6 Å². The molecular weight excluding hydrogens is 978 g/mol. The first kappa shape index (κ1) is 54.9. The fourth-order valence-electron chi connectivity index (χ4n) is 6.85. The van der Waals surface area contributed by atoms with Crippen molar-refractivity contribution in [3.63, 3.8) is 0 Å². The molecule has 0 aliphatic carbocycles. The van der Waals surface area contributed by atoms with E-state index in [9.17, 15) is 28.8 Å². The maximum Gasteiger partial charge on any atom is 0.453 e. The molecule has 1 heterocycles. The minimum Gasteiger partial charge on any atom is -0.450 e. The van der Waals surface area contributed by atoms with Crippen molar-refractivity contribution in [3.05, 3.63) is 101 Å². The lowest BCUT2D eigenvalue weighted by Gasteiger charge is -2.41. The monoisotopic (exact) mass is 1030 g/mol. The number of carbonyl (C=O) groups excluding carboxylic acids is 6. The molecule has 6 N–H and O–H groups in total.